The molecule has 0 saturated carbocycles. The van der Waals surface area contributed by atoms with Crippen LogP contribution in [0.5, 0.6) is 0 Å². The van der Waals surface area contributed by atoms with E-state index in [1.165, 1.54) is 0 Å². The Morgan fingerprint density at radius 2 is 2.20 bits per heavy atom. The van der Waals surface area contributed by atoms with Crippen LogP contribution in [0.15, 0.2) is 18.2 Å². The number of amides is 1. The number of rotatable bonds is 4. The van der Waals surface area contributed by atoms with Crippen LogP contribution in [-0.4, -0.2) is 12.5 Å². The molecule has 3 nitrogen and oxygen atoms in total. The van der Waals surface area contributed by atoms with E-state index in [9.17, 15) is 4.79 Å². The van der Waals surface area contributed by atoms with Gasteiger partial charge in [-0.25, -0.2) is 0 Å². The van der Waals surface area contributed by atoms with Crippen molar-refractivity contribution in [3.05, 3.63) is 33.8 Å². The van der Waals surface area contributed by atoms with Crippen molar-refractivity contribution in [1.29, 1.82) is 0 Å². The number of nitrogens with two attached hydrogens (primary N) is 1. The molecule has 0 aliphatic carbocycles. The maximum absolute atomic E-state index is 10.6. The Hall–Kier alpha value is -0.770. The minimum Gasteiger partial charge on any atom is -0.369 e. The highest BCUT2D eigenvalue weighted by atomic mass is 35.5. The van der Waals surface area contributed by atoms with E-state index in [-0.39, 0.29) is 12.6 Å². The normalized spacial score (nSPS) is 12.5. The molecule has 1 aromatic carbocycles. The largest absolute Gasteiger partial charge is 0.369 e. The highest BCUT2D eigenvalue weighted by Crippen LogP contribution is 2.25. The predicted molar refractivity (Wildman–Crippen MR) is 62.1 cm³/mol. The Morgan fingerprint density at radius 1 is 1.53 bits per heavy atom. The Balaban J connectivity index is 2.76. The van der Waals surface area contributed by atoms with Crippen LogP contribution in [0.25, 0.3) is 0 Å². The average Bonchev–Trinajstić information content (AvgIpc) is 2.18. The van der Waals surface area contributed by atoms with E-state index < -0.39 is 5.91 Å². The summed E-state index contributed by atoms with van der Waals surface area (Å²) in [6.07, 6.45) is 0. The molecular weight excluding hydrogens is 235 g/mol. The van der Waals surface area contributed by atoms with Gasteiger partial charge in [0.15, 0.2) is 0 Å². The van der Waals surface area contributed by atoms with Crippen molar-refractivity contribution in [2.24, 2.45) is 5.73 Å². The number of hydrogen-bond donors (Lipinski definition) is 2. The minimum absolute atomic E-state index is 0.0660. The molecule has 0 heterocycles. The smallest absolute Gasteiger partial charge is 0.231 e. The SMILES string of the molecule is CC(NCC(N)=O)c1cc(Cl)ccc1Cl. The topological polar surface area (TPSA) is 55.1 Å². The summed E-state index contributed by atoms with van der Waals surface area (Å²) in [5, 5.41) is 4.18. The van der Waals surface area contributed by atoms with E-state index in [1.54, 1.807) is 18.2 Å². The third-order valence-corrected chi connectivity index (χ3v) is 2.59. The summed E-state index contributed by atoms with van der Waals surface area (Å²) in [7, 11) is 0. The van der Waals surface area contributed by atoms with Gasteiger partial charge in [-0.3, -0.25) is 4.79 Å². The molecule has 5 heteroatoms. The molecule has 3 N–H and O–H groups in total. The molecule has 0 radical (unpaired) electrons. The lowest BCUT2D eigenvalue weighted by Crippen LogP contribution is -2.30. The summed E-state index contributed by atoms with van der Waals surface area (Å²) >= 11 is 11.8. The van der Waals surface area contributed by atoms with Crippen molar-refractivity contribution >= 4 is 29.1 Å². The van der Waals surface area contributed by atoms with Gasteiger partial charge in [0.2, 0.25) is 5.91 Å². The third-order valence-electron chi connectivity index (χ3n) is 2.01. The van der Waals surface area contributed by atoms with Crippen molar-refractivity contribution < 1.29 is 4.79 Å². The van der Waals surface area contributed by atoms with Crippen molar-refractivity contribution in [2.45, 2.75) is 13.0 Å². The van der Waals surface area contributed by atoms with Crippen LogP contribution in [0.4, 0.5) is 0 Å². The van der Waals surface area contributed by atoms with Gasteiger partial charge >= 0.3 is 0 Å². The van der Waals surface area contributed by atoms with E-state index in [0.29, 0.717) is 10.0 Å². The summed E-state index contributed by atoms with van der Waals surface area (Å²) < 4.78 is 0. The van der Waals surface area contributed by atoms with E-state index >= 15 is 0 Å². The molecule has 0 aliphatic heterocycles. The number of carbonyl (C=O) groups is 1. The minimum atomic E-state index is -0.403. The summed E-state index contributed by atoms with van der Waals surface area (Å²) in [5.74, 6) is -0.403. The van der Waals surface area contributed by atoms with Gasteiger partial charge in [0.05, 0.1) is 6.54 Å². The third kappa shape index (κ3) is 3.70. The fourth-order valence-corrected chi connectivity index (χ4v) is 1.67. The molecule has 1 rings (SSSR count). The molecule has 0 bridgehead atoms. The van der Waals surface area contributed by atoms with Crippen LogP contribution >= 0.6 is 23.2 Å². The van der Waals surface area contributed by atoms with Gasteiger partial charge < -0.3 is 11.1 Å². The highest BCUT2D eigenvalue weighted by molar-refractivity contribution is 6.33. The standard InChI is InChI=1S/C10H12Cl2N2O/c1-6(14-5-10(13)15)8-4-7(11)2-3-9(8)12/h2-4,6,14H,5H2,1H3,(H2,13,15). The van der Waals surface area contributed by atoms with Crippen molar-refractivity contribution in [1.82, 2.24) is 5.32 Å². The molecule has 1 aromatic rings. The van der Waals surface area contributed by atoms with Crippen LogP contribution in [0.2, 0.25) is 10.0 Å². The van der Waals surface area contributed by atoms with Crippen LogP contribution in [0.3, 0.4) is 0 Å². The number of benzene rings is 1. The number of nitrogens with one attached hydrogen (secondary N) is 1. The lowest BCUT2D eigenvalue weighted by atomic mass is 10.1. The number of hydrogen-bond acceptors (Lipinski definition) is 2. The van der Waals surface area contributed by atoms with Gasteiger partial charge in [-0.1, -0.05) is 23.2 Å². The molecule has 0 aromatic heterocycles. The van der Waals surface area contributed by atoms with Gasteiger partial charge in [0.1, 0.15) is 0 Å². The zero-order valence-corrected chi connectivity index (χ0v) is 9.77. The first-order valence-corrected chi connectivity index (χ1v) is 5.23. The second-order valence-corrected chi connectivity index (χ2v) is 4.08. The monoisotopic (exact) mass is 246 g/mol. The van der Waals surface area contributed by atoms with Crippen LogP contribution in [0, 0.1) is 0 Å². The summed E-state index contributed by atoms with van der Waals surface area (Å²) in [6, 6.07) is 5.14. The van der Waals surface area contributed by atoms with Gasteiger partial charge in [-0.2, -0.15) is 0 Å². The van der Waals surface area contributed by atoms with Gasteiger partial charge in [0.25, 0.3) is 0 Å². The molecule has 1 amide bonds. The van der Waals surface area contributed by atoms with E-state index in [2.05, 4.69) is 5.32 Å². The first-order chi connectivity index (χ1) is 7.00. The molecule has 15 heavy (non-hydrogen) atoms. The quantitative estimate of drug-likeness (QED) is 0.856. The molecule has 0 spiro atoms. The zero-order valence-electron chi connectivity index (χ0n) is 8.26. The molecule has 1 unspecified atom stereocenters. The summed E-state index contributed by atoms with van der Waals surface area (Å²) in [5.41, 5.74) is 5.88. The van der Waals surface area contributed by atoms with Crippen LogP contribution in [-0.2, 0) is 4.79 Å². The first-order valence-electron chi connectivity index (χ1n) is 4.47. The van der Waals surface area contributed by atoms with Crippen LogP contribution < -0.4 is 11.1 Å². The molecule has 82 valence electrons. The number of halogens is 2. The Kier molecular flexibility index (Phi) is 4.39. The second kappa shape index (κ2) is 5.35. The van der Waals surface area contributed by atoms with E-state index in [4.69, 9.17) is 28.9 Å². The van der Waals surface area contributed by atoms with E-state index in [1.807, 2.05) is 6.92 Å². The Bertz CT molecular complexity index is 368. The van der Waals surface area contributed by atoms with Crippen molar-refractivity contribution in [3.8, 4) is 0 Å². The maximum atomic E-state index is 10.6. The fourth-order valence-electron chi connectivity index (χ4n) is 1.21. The highest BCUT2D eigenvalue weighted by Gasteiger charge is 2.10. The predicted octanol–water partition coefficient (Wildman–Crippen LogP) is 2.13. The summed E-state index contributed by atoms with van der Waals surface area (Å²) in [4.78, 5) is 10.6. The fraction of sp³-hybridized carbons (Fsp3) is 0.300. The lowest BCUT2D eigenvalue weighted by Gasteiger charge is -2.14. The van der Waals surface area contributed by atoms with Crippen molar-refractivity contribution in [2.75, 3.05) is 6.54 Å². The second-order valence-electron chi connectivity index (χ2n) is 3.23. The van der Waals surface area contributed by atoms with Crippen molar-refractivity contribution in [3.63, 3.8) is 0 Å². The first kappa shape index (κ1) is 12.3. The summed E-state index contributed by atoms with van der Waals surface area (Å²) in [6.45, 7) is 2.00. The maximum Gasteiger partial charge on any atom is 0.231 e. The average molecular weight is 247 g/mol. The van der Waals surface area contributed by atoms with E-state index in [0.717, 1.165) is 5.56 Å². The molecule has 0 aliphatic rings. The molecule has 0 saturated heterocycles. The van der Waals surface area contributed by atoms with Gasteiger partial charge in [-0.15, -0.1) is 0 Å². The molecule has 1 atom stereocenters. The molecular formula is C10H12Cl2N2O. The Labute approximate surface area is 98.5 Å². The molecule has 0 fully saturated rings. The van der Waals surface area contributed by atoms with Gasteiger partial charge in [0, 0.05) is 16.1 Å². The number of carbonyl (C=O) groups excluding carboxylic acids is 1. The van der Waals surface area contributed by atoms with Gasteiger partial charge in [-0.05, 0) is 30.7 Å². The number of primary amides is 1. The Morgan fingerprint density at radius 3 is 2.80 bits per heavy atom. The zero-order chi connectivity index (χ0) is 11.4. The lowest BCUT2D eigenvalue weighted by molar-refractivity contribution is -0.117. The van der Waals surface area contributed by atoms with Crippen LogP contribution in [0.1, 0.15) is 18.5 Å².